The summed E-state index contributed by atoms with van der Waals surface area (Å²) in [5, 5.41) is 24.6. The highest BCUT2D eigenvalue weighted by molar-refractivity contribution is 6.01. The highest BCUT2D eigenvalue weighted by atomic mass is 16.5. The molecule has 6 N–H and O–H groups in total. The zero-order chi connectivity index (χ0) is 48.9. The molecule has 8 heteroatoms. The van der Waals surface area contributed by atoms with Crippen molar-refractivity contribution in [1.29, 1.82) is 0 Å². The van der Waals surface area contributed by atoms with E-state index < -0.39 is 29.2 Å². The molecule has 2 saturated carbocycles. The maximum atomic E-state index is 14.2. The van der Waals surface area contributed by atoms with Crippen molar-refractivity contribution < 1.29 is 29.3 Å². The molecule has 0 bridgehead atoms. The van der Waals surface area contributed by atoms with E-state index in [1.165, 1.54) is 128 Å². The maximum Gasteiger partial charge on any atom is 0.184 e. The second kappa shape index (κ2) is 27.9. The molecule has 4 aromatic rings. The van der Waals surface area contributed by atoms with Gasteiger partial charge in [0.05, 0.1) is 13.2 Å². The minimum Gasteiger partial charge on any atom is -0.493 e. The van der Waals surface area contributed by atoms with Gasteiger partial charge in [-0.05, 0) is 145 Å². The Bertz CT molecular complexity index is 2010. The average Bonchev–Trinajstić information content (AvgIpc) is 3.38. The molecule has 0 aliphatic heterocycles. The van der Waals surface area contributed by atoms with Gasteiger partial charge in [0.25, 0.3) is 0 Å². The Labute approximate surface area is 414 Å². The first kappa shape index (κ1) is 53.2. The average molecular weight is 939 g/mol. The van der Waals surface area contributed by atoms with Gasteiger partial charge in [0.15, 0.2) is 11.6 Å². The van der Waals surface area contributed by atoms with Crippen LogP contribution in [0.2, 0.25) is 0 Å². The molecule has 0 amide bonds. The first-order valence-electron chi connectivity index (χ1n) is 26.5. The summed E-state index contributed by atoms with van der Waals surface area (Å²) in [6.45, 7) is 5.92. The minimum atomic E-state index is -1.78. The summed E-state index contributed by atoms with van der Waals surface area (Å²) in [4.78, 5) is 28.4. The number of carbonyl (C=O) groups excluding carboxylic acids is 2. The molecule has 2 aliphatic carbocycles. The van der Waals surface area contributed by atoms with Crippen LogP contribution in [0.25, 0.3) is 12.2 Å². The molecule has 0 radical (unpaired) electrons. The van der Waals surface area contributed by atoms with Crippen LogP contribution in [-0.4, -0.2) is 47.2 Å². The number of benzene rings is 4. The van der Waals surface area contributed by atoms with E-state index >= 15 is 0 Å². The van der Waals surface area contributed by atoms with Gasteiger partial charge >= 0.3 is 0 Å². The Kier molecular flexibility index (Phi) is 21.5. The predicted molar refractivity (Wildman–Crippen MR) is 284 cm³/mol. The van der Waals surface area contributed by atoms with Gasteiger partial charge in [0, 0.05) is 16.8 Å². The topological polar surface area (TPSA) is 145 Å². The third-order valence-corrected chi connectivity index (χ3v) is 15.1. The van der Waals surface area contributed by atoms with E-state index in [0.717, 1.165) is 34.5 Å². The van der Waals surface area contributed by atoms with Crippen molar-refractivity contribution in [1.82, 2.24) is 0 Å². The fourth-order valence-corrected chi connectivity index (χ4v) is 10.6. The van der Waals surface area contributed by atoms with Gasteiger partial charge in [0.2, 0.25) is 0 Å². The molecule has 6 rings (SSSR count). The highest BCUT2D eigenvalue weighted by Gasteiger charge is 2.49. The number of hydrogen-bond donors (Lipinski definition) is 4. The minimum absolute atomic E-state index is 0.00155. The lowest BCUT2D eigenvalue weighted by Gasteiger charge is -2.40. The van der Waals surface area contributed by atoms with Gasteiger partial charge < -0.3 is 31.2 Å². The number of ketones is 2. The summed E-state index contributed by atoms with van der Waals surface area (Å²) in [5.41, 5.74) is 14.4. The Morgan fingerprint density at radius 3 is 1.22 bits per heavy atom. The van der Waals surface area contributed by atoms with Crippen LogP contribution in [0, 0.1) is 29.1 Å². The fraction of sp³-hybridized carbons (Fsp3) is 0.508. The van der Waals surface area contributed by atoms with Crippen molar-refractivity contribution >= 4 is 35.1 Å². The van der Waals surface area contributed by atoms with Crippen molar-refractivity contribution in [2.75, 3.05) is 24.7 Å². The van der Waals surface area contributed by atoms with E-state index in [0.29, 0.717) is 47.6 Å². The number of aliphatic hydroxyl groups excluding tert-OH is 2. The van der Waals surface area contributed by atoms with Crippen molar-refractivity contribution in [2.45, 2.75) is 154 Å². The standard InChI is InChI=1S/C61H82N2O6/c1-3-5-7-9-11-45-13-17-51(18-14-45)43-68-55-35-25-47(26-36-55)29-39-57(64)59(66)61(41-49-21-31-53(62)32-22-49,42-50-23-33-54(63)34-24-50)60(67)58(65)40-30-48-27-37-56(38-28-48)69-44-52-19-15-46(16-20-52)12-10-8-6-4-2/h21-40,45-46,51-52,59-60,66-67H,3-20,41-44,62-63H2,1-2H3/b39-29+,40-30+. The van der Waals surface area contributed by atoms with Crippen LogP contribution < -0.4 is 20.9 Å². The van der Waals surface area contributed by atoms with Crippen LogP contribution in [0.5, 0.6) is 11.5 Å². The quantitative estimate of drug-likeness (QED) is 0.0250. The Morgan fingerprint density at radius 2 is 0.870 bits per heavy atom. The first-order valence-corrected chi connectivity index (χ1v) is 26.5. The lowest BCUT2D eigenvalue weighted by Crippen LogP contribution is -2.54. The number of ether oxygens (including phenoxy) is 2. The number of nitrogen functional groups attached to an aromatic ring is 2. The lowest BCUT2D eigenvalue weighted by atomic mass is 9.66. The van der Waals surface area contributed by atoms with Crippen LogP contribution in [0.1, 0.15) is 152 Å². The molecule has 2 atom stereocenters. The summed E-state index contributed by atoms with van der Waals surface area (Å²) in [5.74, 6) is 3.13. The molecule has 69 heavy (non-hydrogen) atoms. The summed E-state index contributed by atoms with van der Waals surface area (Å²) < 4.78 is 12.4. The predicted octanol–water partition coefficient (Wildman–Crippen LogP) is 13.2. The molecule has 2 aliphatic rings. The van der Waals surface area contributed by atoms with Gasteiger partial charge in [-0.25, -0.2) is 0 Å². The zero-order valence-corrected chi connectivity index (χ0v) is 41.7. The Balaban J connectivity index is 1.11. The highest BCUT2D eigenvalue weighted by Crippen LogP contribution is 2.39. The maximum absolute atomic E-state index is 14.2. The SMILES string of the molecule is CCCCCCC1CCC(COc2ccc(/C=C/C(=O)C(O)C(Cc3ccc(N)cc3)(Cc3ccc(N)cc3)C(O)C(=O)/C=C/c3ccc(OCC4CCC(CCCCCC)CC4)cc3)cc2)CC1. The lowest BCUT2D eigenvalue weighted by molar-refractivity contribution is -0.146. The van der Waals surface area contributed by atoms with Crippen LogP contribution in [-0.2, 0) is 22.4 Å². The normalized spacial score (nSPS) is 19.7. The smallest absolute Gasteiger partial charge is 0.184 e. The van der Waals surface area contributed by atoms with E-state index in [1.54, 1.807) is 60.7 Å². The summed E-state index contributed by atoms with van der Waals surface area (Å²) >= 11 is 0. The molecule has 0 aromatic heterocycles. The third-order valence-electron chi connectivity index (χ3n) is 15.1. The van der Waals surface area contributed by atoms with Crippen molar-refractivity contribution in [3.05, 3.63) is 131 Å². The second-order valence-electron chi connectivity index (χ2n) is 20.6. The van der Waals surface area contributed by atoms with E-state index in [9.17, 15) is 19.8 Å². The molecule has 372 valence electrons. The van der Waals surface area contributed by atoms with Crippen molar-refractivity contribution in [3.8, 4) is 11.5 Å². The van der Waals surface area contributed by atoms with Gasteiger partial charge in [-0.15, -0.1) is 0 Å². The number of anilines is 2. The molecule has 2 fully saturated rings. The van der Waals surface area contributed by atoms with Gasteiger partial charge in [-0.3, -0.25) is 9.59 Å². The molecular formula is C61H82N2O6. The van der Waals surface area contributed by atoms with E-state index in [4.69, 9.17) is 20.9 Å². The molecule has 0 spiro atoms. The monoisotopic (exact) mass is 939 g/mol. The molecule has 0 saturated heterocycles. The van der Waals surface area contributed by atoms with Crippen LogP contribution in [0.4, 0.5) is 11.4 Å². The van der Waals surface area contributed by atoms with E-state index in [-0.39, 0.29) is 12.8 Å². The third kappa shape index (κ3) is 17.0. The van der Waals surface area contributed by atoms with Crippen LogP contribution >= 0.6 is 0 Å². The van der Waals surface area contributed by atoms with E-state index in [1.807, 2.05) is 48.5 Å². The molecular weight excluding hydrogens is 857 g/mol. The molecule has 8 nitrogen and oxygen atoms in total. The van der Waals surface area contributed by atoms with E-state index in [2.05, 4.69) is 13.8 Å². The molecule has 4 aromatic carbocycles. The van der Waals surface area contributed by atoms with Crippen molar-refractivity contribution in [3.63, 3.8) is 0 Å². The molecule has 2 unspecified atom stereocenters. The van der Waals surface area contributed by atoms with Gasteiger partial charge in [0.1, 0.15) is 23.7 Å². The van der Waals surface area contributed by atoms with Gasteiger partial charge in [-0.2, -0.15) is 0 Å². The number of rotatable bonds is 28. The number of aliphatic hydroxyl groups is 2. The van der Waals surface area contributed by atoms with Crippen LogP contribution in [0.3, 0.4) is 0 Å². The number of carbonyl (C=O) groups is 2. The first-order chi connectivity index (χ1) is 33.5. The van der Waals surface area contributed by atoms with Crippen molar-refractivity contribution in [2.24, 2.45) is 29.1 Å². The molecule has 0 heterocycles. The summed E-state index contributed by atoms with van der Waals surface area (Å²) in [6.07, 6.45) is 25.8. The Hall–Kier alpha value is -5.18. The fourth-order valence-electron chi connectivity index (χ4n) is 10.6. The Morgan fingerprint density at radius 1 is 0.522 bits per heavy atom. The zero-order valence-electron chi connectivity index (χ0n) is 41.7. The largest absolute Gasteiger partial charge is 0.493 e. The summed E-state index contributed by atoms with van der Waals surface area (Å²) in [6, 6.07) is 29.3. The second-order valence-corrected chi connectivity index (χ2v) is 20.6. The number of unbranched alkanes of at least 4 members (excludes halogenated alkanes) is 6. The summed E-state index contributed by atoms with van der Waals surface area (Å²) in [7, 11) is 0. The number of nitrogens with two attached hydrogens (primary N) is 2. The number of hydrogen-bond acceptors (Lipinski definition) is 8. The van der Waals surface area contributed by atoms with Gasteiger partial charge in [-0.1, -0.05) is 164 Å². The van der Waals surface area contributed by atoms with Crippen LogP contribution in [0.15, 0.2) is 109 Å².